The summed E-state index contributed by atoms with van der Waals surface area (Å²) in [7, 11) is 0. The lowest BCUT2D eigenvalue weighted by molar-refractivity contribution is -0.137. The van der Waals surface area contributed by atoms with E-state index >= 15 is 0 Å². The number of likely N-dealkylation sites (tertiary alicyclic amines) is 1. The van der Waals surface area contributed by atoms with Gasteiger partial charge in [-0.15, -0.1) is 0 Å². The highest BCUT2D eigenvalue weighted by Gasteiger charge is 2.30. The third kappa shape index (κ3) is 3.33. The number of benzene rings is 1. The van der Waals surface area contributed by atoms with Gasteiger partial charge in [0.25, 0.3) is 0 Å². The van der Waals surface area contributed by atoms with E-state index in [0.29, 0.717) is 18.4 Å². The summed E-state index contributed by atoms with van der Waals surface area (Å²) in [6.07, 6.45) is 2.05. The molecule has 2 rings (SSSR count). The second kappa shape index (κ2) is 6.01. The van der Waals surface area contributed by atoms with Crippen LogP contribution in [0.15, 0.2) is 30.3 Å². The quantitative estimate of drug-likeness (QED) is 0.840. The van der Waals surface area contributed by atoms with E-state index in [9.17, 15) is 4.79 Å². The fraction of sp³-hybridized carbons (Fsp3) is 0.533. The number of hydrogen-bond acceptors (Lipinski definition) is 2. The molecule has 1 saturated heterocycles. The summed E-state index contributed by atoms with van der Waals surface area (Å²) in [6, 6.07) is 11.1. The maximum absolute atomic E-state index is 10.5. The summed E-state index contributed by atoms with van der Waals surface area (Å²) in [5, 5.41) is 8.61. The second-order valence-corrected chi connectivity index (χ2v) is 5.20. The Kier molecular flexibility index (Phi) is 4.37. The van der Waals surface area contributed by atoms with Gasteiger partial charge in [-0.25, -0.2) is 0 Å². The summed E-state index contributed by atoms with van der Waals surface area (Å²) in [4.78, 5) is 12.9. The number of carbonyl (C=O) groups is 1. The monoisotopic (exact) mass is 247 g/mol. The highest BCUT2D eigenvalue weighted by molar-refractivity contribution is 5.66. The van der Waals surface area contributed by atoms with Gasteiger partial charge < -0.3 is 5.11 Å². The van der Waals surface area contributed by atoms with Crippen LogP contribution < -0.4 is 0 Å². The largest absolute Gasteiger partial charge is 0.481 e. The first-order chi connectivity index (χ1) is 8.66. The Balaban J connectivity index is 1.70. The van der Waals surface area contributed by atoms with Crippen LogP contribution in [-0.4, -0.2) is 35.1 Å². The molecule has 3 nitrogen and oxygen atoms in total. The zero-order chi connectivity index (χ0) is 13.0. The Morgan fingerprint density at radius 2 is 2.06 bits per heavy atom. The topological polar surface area (TPSA) is 40.5 Å². The lowest BCUT2D eigenvalue weighted by Gasteiger charge is -2.43. The highest BCUT2D eigenvalue weighted by Crippen LogP contribution is 2.29. The van der Waals surface area contributed by atoms with Gasteiger partial charge in [0, 0.05) is 31.5 Å². The predicted molar refractivity (Wildman–Crippen MR) is 71.7 cm³/mol. The molecule has 1 atom stereocenters. The van der Waals surface area contributed by atoms with E-state index in [1.807, 2.05) is 0 Å². The van der Waals surface area contributed by atoms with E-state index in [1.165, 1.54) is 5.56 Å². The molecule has 98 valence electrons. The average molecular weight is 247 g/mol. The number of carboxylic acids is 1. The molecular formula is C15H21NO2. The van der Waals surface area contributed by atoms with Gasteiger partial charge in [-0.05, 0) is 25.3 Å². The van der Waals surface area contributed by atoms with Crippen molar-refractivity contribution in [2.45, 2.75) is 38.1 Å². The van der Waals surface area contributed by atoms with E-state index in [2.05, 4.69) is 42.2 Å². The molecule has 0 aliphatic carbocycles. The summed E-state index contributed by atoms with van der Waals surface area (Å²) in [5.41, 5.74) is 1.42. The Hall–Kier alpha value is -1.35. The maximum Gasteiger partial charge on any atom is 0.303 e. The van der Waals surface area contributed by atoms with E-state index in [-0.39, 0.29) is 0 Å². The van der Waals surface area contributed by atoms with Gasteiger partial charge in [0.15, 0.2) is 0 Å². The van der Waals surface area contributed by atoms with Crippen molar-refractivity contribution < 1.29 is 9.90 Å². The van der Waals surface area contributed by atoms with E-state index in [1.54, 1.807) is 0 Å². The molecule has 0 aromatic heterocycles. The van der Waals surface area contributed by atoms with Gasteiger partial charge in [0.2, 0.25) is 0 Å². The summed E-state index contributed by atoms with van der Waals surface area (Å²) >= 11 is 0. The van der Waals surface area contributed by atoms with Crippen molar-refractivity contribution in [3.8, 4) is 0 Å². The maximum atomic E-state index is 10.5. The van der Waals surface area contributed by atoms with Crippen LogP contribution in [0, 0.1) is 0 Å². The Morgan fingerprint density at radius 3 is 2.67 bits per heavy atom. The summed E-state index contributed by atoms with van der Waals surface area (Å²) in [6.45, 7) is 4.42. The molecular weight excluding hydrogens is 226 g/mol. The Bertz CT molecular complexity index is 385. The van der Waals surface area contributed by atoms with Gasteiger partial charge in [-0.3, -0.25) is 9.69 Å². The standard InChI is InChI=1S/C15H21NO2/c1-12(6-5-9-15(17)18)16-10-14(11-16)13-7-3-2-4-8-13/h2-4,7-8,12,14H,5-6,9-11H2,1H3,(H,17,18). The first-order valence-corrected chi connectivity index (χ1v) is 6.67. The minimum absolute atomic E-state index is 0.292. The van der Waals surface area contributed by atoms with Crippen molar-refractivity contribution in [1.29, 1.82) is 0 Å². The molecule has 0 radical (unpaired) electrons. The minimum Gasteiger partial charge on any atom is -0.481 e. The van der Waals surface area contributed by atoms with Crippen molar-refractivity contribution in [3.05, 3.63) is 35.9 Å². The molecule has 1 fully saturated rings. The number of hydrogen-bond donors (Lipinski definition) is 1. The fourth-order valence-electron chi connectivity index (χ4n) is 2.54. The van der Waals surface area contributed by atoms with Crippen molar-refractivity contribution in [1.82, 2.24) is 4.90 Å². The minimum atomic E-state index is -0.687. The molecule has 1 unspecified atom stereocenters. The molecule has 0 spiro atoms. The number of nitrogens with zero attached hydrogens (tertiary/aromatic N) is 1. The van der Waals surface area contributed by atoms with Crippen molar-refractivity contribution in [2.24, 2.45) is 0 Å². The number of aliphatic carboxylic acids is 1. The zero-order valence-electron chi connectivity index (χ0n) is 10.9. The molecule has 0 bridgehead atoms. The first-order valence-electron chi connectivity index (χ1n) is 6.67. The lowest BCUT2D eigenvalue weighted by Crippen LogP contribution is -2.49. The third-order valence-corrected chi connectivity index (χ3v) is 3.82. The molecule has 0 saturated carbocycles. The SMILES string of the molecule is CC(CCCC(=O)O)N1CC(c2ccccc2)C1. The van der Waals surface area contributed by atoms with Crippen molar-refractivity contribution in [3.63, 3.8) is 0 Å². The Labute approximate surface area is 108 Å². The molecule has 0 amide bonds. The highest BCUT2D eigenvalue weighted by atomic mass is 16.4. The van der Waals surface area contributed by atoms with Crippen LogP contribution in [0.1, 0.15) is 37.7 Å². The van der Waals surface area contributed by atoms with E-state index in [4.69, 9.17) is 5.11 Å². The van der Waals surface area contributed by atoms with Gasteiger partial charge in [0.05, 0.1) is 0 Å². The van der Waals surface area contributed by atoms with Gasteiger partial charge in [0.1, 0.15) is 0 Å². The van der Waals surface area contributed by atoms with Crippen LogP contribution in [0.25, 0.3) is 0 Å². The van der Waals surface area contributed by atoms with Crippen LogP contribution in [0.3, 0.4) is 0 Å². The van der Waals surface area contributed by atoms with Crippen molar-refractivity contribution >= 4 is 5.97 Å². The van der Waals surface area contributed by atoms with Gasteiger partial charge >= 0.3 is 5.97 Å². The fourth-order valence-corrected chi connectivity index (χ4v) is 2.54. The van der Waals surface area contributed by atoms with Crippen LogP contribution >= 0.6 is 0 Å². The number of rotatable bonds is 6. The number of carboxylic acid groups (broad SMARTS) is 1. The molecule has 1 N–H and O–H groups in total. The second-order valence-electron chi connectivity index (χ2n) is 5.20. The predicted octanol–water partition coefficient (Wildman–Crippen LogP) is 2.73. The van der Waals surface area contributed by atoms with Crippen LogP contribution in [-0.2, 0) is 4.79 Å². The molecule has 1 aromatic rings. The smallest absolute Gasteiger partial charge is 0.303 e. The molecule has 1 aliphatic rings. The third-order valence-electron chi connectivity index (χ3n) is 3.82. The normalized spacial score (nSPS) is 18.3. The molecule has 1 aromatic carbocycles. The first kappa shape index (κ1) is 13.1. The van der Waals surface area contributed by atoms with E-state index < -0.39 is 5.97 Å². The average Bonchev–Trinajstić information content (AvgIpc) is 2.28. The van der Waals surface area contributed by atoms with Crippen molar-refractivity contribution in [2.75, 3.05) is 13.1 Å². The van der Waals surface area contributed by atoms with Crippen LogP contribution in [0.5, 0.6) is 0 Å². The molecule has 18 heavy (non-hydrogen) atoms. The van der Waals surface area contributed by atoms with Gasteiger partial charge in [-0.2, -0.15) is 0 Å². The van der Waals surface area contributed by atoms with Crippen LogP contribution in [0.2, 0.25) is 0 Å². The van der Waals surface area contributed by atoms with Crippen LogP contribution in [0.4, 0.5) is 0 Å². The molecule has 1 heterocycles. The molecule has 3 heteroatoms. The lowest BCUT2D eigenvalue weighted by atomic mass is 9.89. The summed E-state index contributed by atoms with van der Waals surface area (Å²) < 4.78 is 0. The zero-order valence-corrected chi connectivity index (χ0v) is 10.9. The molecule has 1 aliphatic heterocycles. The van der Waals surface area contributed by atoms with Gasteiger partial charge in [-0.1, -0.05) is 30.3 Å². The van der Waals surface area contributed by atoms with E-state index in [0.717, 1.165) is 25.9 Å². The Morgan fingerprint density at radius 1 is 1.39 bits per heavy atom. The summed E-state index contributed by atoms with van der Waals surface area (Å²) in [5.74, 6) is -0.0268.